The highest BCUT2D eigenvalue weighted by atomic mass is 32.1. The van der Waals surface area contributed by atoms with Crippen LogP contribution >= 0.6 is 11.3 Å². The average molecular weight is 589 g/mol. The molecule has 2 aromatic carbocycles. The van der Waals surface area contributed by atoms with E-state index in [4.69, 9.17) is 24.5 Å². The summed E-state index contributed by atoms with van der Waals surface area (Å²) in [6.07, 6.45) is 7.52. The Hall–Kier alpha value is -4.58. The number of methoxy groups -OCH3 is 3. The van der Waals surface area contributed by atoms with Gasteiger partial charge in [0.2, 0.25) is 17.5 Å². The van der Waals surface area contributed by atoms with Gasteiger partial charge in [0.15, 0.2) is 16.6 Å². The van der Waals surface area contributed by atoms with Crippen molar-refractivity contribution < 1.29 is 23.5 Å². The van der Waals surface area contributed by atoms with Crippen LogP contribution < -0.4 is 30.6 Å². The number of allylic oxidation sites excluding steroid dienone is 2. The average Bonchev–Trinajstić information content (AvgIpc) is 3.72. The first-order valence-electron chi connectivity index (χ1n) is 13.6. The van der Waals surface area contributed by atoms with Crippen molar-refractivity contribution >= 4 is 39.6 Å². The van der Waals surface area contributed by atoms with Gasteiger partial charge in [0.05, 0.1) is 21.3 Å². The van der Waals surface area contributed by atoms with Gasteiger partial charge >= 0.3 is 0 Å². The number of anilines is 4. The summed E-state index contributed by atoms with van der Waals surface area (Å²) in [5.41, 5.74) is 9.32. The third kappa shape index (κ3) is 5.25. The van der Waals surface area contributed by atoms with Crippen molar-refractivity contribution in [3.8, 4) is 39.4 Å². The second kappa shape index (κ2) is 11.4. The van der Waals surface area contributed by atoms with Gasteiger partial charge in [-0.15, -0.1) is 0 Å². The molecule has 3 atom stereocenters. The number of aromatic nitrogens is 3. The molecular weight excluding hydrogens is 556 g/mol. The maximum absolute atomic E-state index is 13.1. The Bertz CT molecular complexity index is 1640. The predicted octanol–water partition coefficient (Wildman–Crippen LogP) is 6.06. The Morgan fingerprint density at radius 2 is 1.81 bits per heavy atom. The largest absolute Gasteiger partial charge is 0.493 e. The number of ether oxygens (including phenoxy) is 3. The second-order valence-corrected chi connectivity index (χ2v) is 11.4. The van der Waals surface area contributed by atoms with E-state index in [9.17, 15) is 4.79 Å². The summed E-state index contributed by atoms with van der Waals surface area (Å²) in [5, 5.41) is 11.1. The number of carbonyl (C=O) groups excluding carboxylic acids is 1. The Morgan fingerprint density at radius 3 is 2.55 bits per heavy atom. The van der Waals surface area contributed by atoms with Crippen LogP contribution in [0.5, 0.6) is 17.2 Å². The highest BCUT2D eigenvalue weighted by Gasteiger charge is 2.36. The Labute approximate surface area is 247 Å². The quantitative estimate of drug-likeness (QED) is 0.197. The van der Waals surface area contributed by atoms with Crippen LogP contribution in [0.2, 0.25) is 0 Å². The third-order valence-electron chi connectivity index (χ3n) is 7.84. The number of rotatable bonds is 9. The zero-order valence-corrected chi connectivity index (χ0v) is 24.6. The molecule has 0 saturated heterocycles. The summed E-state index contributed by atoms with van der Waals surface area (Å²) in [7, 11) is 4.65. The molecule has 2 aliphatic rings. The summed E-state index contributed by atoms with van der Waals surface area (Å²) in [6.45, 7) is 1.96. The molecule has 0 radical (unpaired) electrons. The SMILES string of the molecule is COc1cc(Nc2nc(N)c(-c3nc(-c4cc(NC(=O)C5CCC6C=CC5C6)ccc4C)no3)s2)cc(OC)c1OC. The van der Waals surface area contributed by atoms with E-state index < -0.39 is 0 Å². The van der Waals surface area contributed by atoms with Crippen molar-refractivity contribution in [3.05, 3.63) is 48.0 Å². The number of nitrogens with two attached hydrogens (primary N) is 1. The predicted molar refractivity (Wildman–Crippen MR) is 161 cm³/mol. The van der Waals surface area contributed by atoms with Crippen LogP contribution in [0.4, 0.5) is 22.3 Å². The fourth-order valence-corrected chi connectivity index (χ4v) is 6.50. The van der Waals surface area contributed by atoms with Gasteiger partial charge in [-0.3, -0.25) is 4.79 Å². The molecule has 2 heterocycles. The Morgan fingerprint density at radius 1 is 1.02 bits per heavy atom. The van der Waals surface area contributed by atoms with Crippen LogP contribution in [0.15, 0.2) is 47.0 Å². The van der Waals surface area contributed by atoms with E-state index in [0.29, 0.717) is 56.3 Å². The van der Waals surface area contributed by atoms with Gasteiger partial charge in [-0.05, 0) is 55.7 Å². The molecule has 2 aliphatic carbocycles. The smallest absolute Gasteiger partial charge is 0.272 e. The van der Waals surface area contributed by atoms with E-state index in [2.05, 4.69) is 37.9 Å². The Kier molecular flexibility index (Phi) is 7.46. The summed E-state index contributed by atoms with van der Waals surface area (Å²) >= 11 is 1.27. The van der Waals surface area contributed by atoms with Crippen molar-refractivity contribution in [2.45, 2.75) is 26.2 Å². The van der Waals surface area contributed by atoms with E-state index in [0.717, 1.165) is 30.4 Å². The fourth-order valence-electron chi connectivity index (χ4n) is 5.67. The normalized spacial score (nSPS) is 19.0. The molecule has 11 nitrogen and oxygen atoms in total. The molecule has 1 amide bonds. The molecule has 12 heteroatoms. The minimum atomic E-state index is -0.00118. The third-order valence-corrected chi connectivity index (χ3v) is 8.82. The van der Waals surface area contributed by atoms with E-state index >= 15 is 0 Å². The lowest BCUT2D eigenvalue weighted by atomic mass is 9.78. The lowest BCUT2D eigenvalue weighted by Crippen LogP contribution is -2.31. The van der Waals surface area contributed by atoms with E-state index in [1.807, 2.05) is 25.1 Å². The van der Waals surface area contributed by atoms with Gasteiger partial charge in [0.25, 0.3) is 5.89 Å². The van der Waals surface area contributed by atoms with E-state index in [-0.39, 0.29) is 23.5 Å². The first kappa shape index (κ1) is 27.6. The second-order valence-electron chi connectivity index (χ2n) is 10.4. The highest BCUT2D eigenvalue weighted by molar-refractivity contribution is 7.19. The molecule has 1 fully saturated rings. The molecule has 42 heavy (non-hydrogen) atoms. The summed E-state index contributed by atoms with van der Waals surface area (Å²) < 4.78 is 21.9. The number of thiazole rings is 1. The van der Waals surface area contributed by atoms with Gasteiger partial charge in [-0.25, -0.2) is 4.98 Å². The molecule has 6 rings (SSSR count). The maximum atomic E-state index is 13.1. The molecule has 4 N–H and O–H groups in total. The summed E-state index contributed by atoms with van der Waals surface area (Å²) in [5.74, 6) is 3.39. The lowest BCUT2D eigenvalue weighted by molar-refractivity contribution is -0.121. The molecule has 4 aromatic rings. The minimum absolute atomic E-state index is 0.00118. The number of nitrogen functional groups attached to an aromatic ring is 1. The molecule has 218 valence electrons. The van der Waals surface area contributed by atoms with Crippen LogP contribution in [0.1, 0.15) is 24.8 Å². The monoisotopic (exact) mass is 588 g/mol. The lowest BCUT2D eigenvalue weighted by Gasteiger charge is -2.27. The molecule has 0 spiro atoms. The zero-order valence-electron chi connectivity index (χ0n) is 23.8. The van der Waals surface area contributed by atoms with Gasteiger partial charge in [-0.2, -0.15) is 4.98 Å². The topological polar surface area (TPSA) is 147 Å². The van der Waals surface area contributed by atoms with Gasteiger partial charge in [0.1, 0.15) is 10.7 Å². The molecule has 0 aliphatic heterocycles. The van der Waals surface area contributed by atoms with Crippen LogP contribution in [0.3, 0.4) is 0 Å². The number of fused-ring (bicyclic) bond motifs is 2. The molecular formula is C30H32N6O5S. The van der Waals surface area contributed by atoms with Crippen LogP contribution in [0.25, 0.3) is 22.2 Å². The van der Waals surface area contributed by atoms with Crippen molar-refractivity contribution in [1.82, 2.24) is 15.1 Å². The molecule has 3 unspecified atom stereocenters. The van der Waals surface area contributed by atoms with Crippen molar-refractivity contribution in [3.63, 3.8) is 0 Å². The molecule has 2 bridgehead atoms. The van der Waals surface area contributed by atoms with Gasteiger partial charge in [-0.1, -0.05) is 34.7 Å². The minimum Gasteiger partial charge on any atom is -0.493 e. The number of aryl methyl sites for hydroxylation is 1. The van der Waals surface area contributed by atoms with Crippen molar-refractivity contribution in [2.75, 3.05) is 37.7 Å². The van der Waals surface area contributed by atoms with Crippen molar-refractivity contribution in [1.29, 1.82) is 0 Å². The zero-order chi connectivity index (χ0) is 29.4. The Balaban J connectivity index is 1.21. The number of carbonyl (C=O) groups is 1. The molecule has 2 aromatic heterocycles. The maximum Gasteiger partial charge on any atom is 0.272 e. The number of hydrogen-bond acceptors (Lipinski definition) is 11. The highest BCUT2D eigenvalue weighted by Crippen LogP contribution is 2.43. The van der Waals surface area contributed by atoms with E-state index in [1.54, 1.807) is 33.5 Å². The molecule has 1 saturated carbocycles. The van der Waals surface area contributed by atoms with Crippen LogP contribution in [-0.4, -0.2) is 42.4 Å². The summed E-state index contributed by atoms with van der Waals surface area (Å²) in [6, 6.07) is 9.26. The van der Waals surface area contributed by atoms with Crippen LogP contribution in [-0.2, 0) is 4.79 Å². The summed E-state index contributed by atoms with van der Waals surface area (Å²) in [4.78, 5) is 22.7. The fraction of sp³-hybridized carbons (Fsp3) is 0.333. The first-order chi connectivity index (χ1) is 20.4. The number of amides is 1. The number of nitrogens with one attached hydrogen (secondary N) is 2. The van der Waals surface area contributed by atoms with E-state index in [1.165, 1.54) is 11.3 Å². The van der Waals surface area contributed by atoms with Crippen molar-refractivity contribution in [2.24, 2.45) is 17.8 Å². The standard InChI is InChI=1S/C30H32N6O5S/c1-15-5-9-18(32-28(37)20-10-7-16-6-8-17(20)11-16)12-21(15)27-35-29(41-36-27)25-26(31)34-30(42-25)33-19-13-22(38-2)24(40-4)23(14-19)39-3/h5-6,8-9,12-14,16-17,20H,7,10-11,31H2,1-4H3,(H,32,37)(H,33,34). The van der Waals surface area contributed by atoms with Gasteiger partial charge in [0, 0.05) is 35.0 Å². The van der Waals surface area contributed by atoms with Gasteiger partial charge < -0.3 is 35.1 Å². The number of hydrogen-bond donors (Lipinski definition) is 3. The number of nitrogens with zero attached hydrogens (tertiary/aromatic N) is 3. The number of benzene rings is 2. The van der Waals surface area contributed by atoms with Crippen LogP contribution in [0, 0.1) is 24.7 Å². The first-order valence-corrected chi connectivity index (χ1v) is 14.5.